The fourth-order valence-corrected chi connectivity index (χ4v) is 3.92. The van der Waals surface area contributed by atoms with E-state index in [1.807, 2.05) is 0 Å². The predicted molar refractivity (Wildman–Crippen MR) is 79.3 cm³/mol. The smallest absolute Gasteiger partial charge is 0.184 e. The van der Waals surface area contributed by atoms with Gasteiger partial charge in [0.05, 0.1) is 11.4 Å². The summed E-state index contributed by atoms with van der Waals surface area (Å²) >= 11 is 7.71. The van der Waals surface area contributed by atoms with Crippen LogP contribution < -0.4 is 0 Å². The lowest BCUT2D eigenvalue weighted by Gasteiger charge is -2.41. The molecular weight excluding hydrogens is 302 g/mol. The normalized spacial score (nSPS) is 17.4. The molecule has 0 amide bonds. The Balaban J connectivity index is 2.14. The molecule has 0 unspecified atom stereocenters. The number of fused-ring (bicyclic) bond motifs is 1. The fraction of sp³-hybridized carbons (Fsp3) is 0.500. The first-order chi connectivity index (χ1) is 9.60. The van der Waals surface area contributed by atoms with Gasteiger partial charge in [-0.15, -0.1) is 11.6 Å². The van der Waals surface area contributed by atoms with Gasteiger partial charge >= 0.3 is 0 Å². The molecule has 0 atom stereocenters. The first kappa shape index (κ1) is 14.1. The molecule has 2 aromatic rings. The van der Waals surface area contributed by atoms with E-state index in [9.17, 15) is 8.78 Å². The molecule has 20 heavy (non-hydrogen) atoms. The second kappa shape index (κ2) is 5.19. The van der Waals surface area contributed by atoms with Crippen LogP contribution in [0, 0.1) is 11.6 Å². The topological polar surface area (TPSA) is 17.8 Å². The van der Waals surface area contributed by atoms with Crippen LogP contribution in [0.1, 0.15) is 25.1 Å². The monoisotopic (exact) mass is 316 g/mol. The van der Waals surface area contributed by atoms with Crippen molar-refractivity contribution >= 4 is 34.4 Å². The van der Waals surface area contributed by atoms with Crippen molar-refractivity contribution in [2.24, 2.45) is 0 Å². The van der Waals surface area contributed by atoms with E-state index in [1.54, 1.807) is 16.3 Å². The summed E-state index contributed by atoms with van der Waals surface area (Å²) in [5.41, 5.74) is 0.705. The van der Waals surface area contributed by atoms with Crippen LogP contribution in [0.15, 0.2) is 12.1 Å². The van der Waals surface area contributed by atoms with Crippen molar-refractivity contribution in [2.75, 3.05) is 6.26 Å². The van der Waals surface area contributed by atoms with E-state index in [0.29, 0.717) is 17.9 Å². The first-order valence-electron chi connectivity index (χ1n) is 6.54. The van der Waals surface area contributed by atoms with E-state index in [-0.39, 0.29) is 16.1 Å². The Morgan fingerprint density at radius 3 is 2.70 bits per heavy atom. The van der Waals surface area contributed by atoms with Gasteiger partial charge in [-0.1, -0.05) is 6.42 Å². The number of benzene rings is 1. The van der Waals surface area contributed by atoms with Crippen LogP contribution in [0.25, 0.3) is 11.0 Å². The van der Waals surface area contributed by atoms with Crippen molar-refractivity contribution in [1.82, 2.24) is 9.55 Å². The van der Waals surface area contributed by atoms with E-state index in [0.717, 1.165) is 18.9 Å². The molecule has 0 bridgehead atoms. The molecule has 1 aromatic carbocycles. The Morgan fingerprint density at radius 2 is 2.15 bits per heavy atom. The minimum absolute atomic E-state index is 0.104. The van der Waals surface area contributed by atoms with Crippen LogP contribution in [-0.4, -0.2) is 20.6 Å². The Bertz CT molecular complexity index is 647. The minimum atomic E-state index is -0.841. The summed E-state index contributed by atoms with van der Waals surface area (Å²) in [6.45, 7) is 0.632. The molecule has 1 aromatic heterocycles. The third-order valence-corrected chi connectivity index (χ3v) is 5.78. The van der Waals surface area contributed by atoms with Gasteiger partial charge in [0.15, 0.2) is 11.6 Å². The van der Waals surface area contributed by atoms with Crippen molar-refractivity contribution in [1.29, 1.82) is 0 Å². The van der Waals surface area contributed by atoms with Crippen molar-refractivity contribution < 1.29 is 8.78 Å². The van der Waals surface area contributed by atoms with E-state index >= 15 is 0 Å². The lowest BCUT2D eigenvalue weighted by atomic mass is 9.84. The number of nitrogens with zero attached hydrogens (tertiary/aromatic N) is 2. The molecule has 2 nitrogen and oxygen atoms in total. The maximum atomic E-state index is 14.1. The minimum Gasteiger partial charge on any atom is -0.323 e. The molecule has 0 saturated heterocycles. The molecule has 1 aliphatic rings. The van der Waals surface area contributed by atoms with Gasteiger partial charge in [0, 0.05) is 11.3 Å². The molecule has 1 saturated carbocycles. The van der Waals surface area contributed by atoms with Gasteiger partial charge in [-0.3, -0.25) is 0 Å². The second-order valence-electron chi connectivity index (χ2n) is 5.22. The van der Waals surface area contributed by atoms with Crippen molar-refractivity contribution in [2.45, 2.75) is 36.4 Å². The zero-order chi connectivity index (χ0) is 14.3. The maximum Gasteiger partial charge on any atom is 0.184 e. The molecule has 6 heteroatoms. The van der Waals surface area contributed by atoms with Crippen molar-refractivity contribution in [3.63, 3.8) is 0 Å². The van der Waals surface area contributed by atoms with Gasteiger partial charge in [-0.25, -0.2) is 13.8 Å². The number of thioether (sulfide) groups is 1. The highest BCUT2D eigenvalue weighted by molar-refractivity contribution is 8.00. The van der Waals surface area contributed by atoms with Crippen LogP contribution >= 0.6 is 23.4 Å². The number of hydrogen-bond acceptors (Lipinski definition) is 2. The average molecular weight is 317 g/mol. The summed E-state index contributed by atoms with van der Waals surface area (Å²) in [5, 5.41) is 0. The lowest BCUT2D eigenvalue weighted by Crippen LogP contribution is -2.38. The molecule has 0 aliphatic heterocycles. The SMILES string of the molecule is CSC1(Cn2c(CCl)nc3ccc(F)c(F)c32)CCC1. The highest BCUT2D eigenvalue weighted by Crippen LogP contribution is 2.45. The van der Waals surface area contributed by atoms with E-state index in [1.165, 1.54) is 12.5 Å². The molecule has 3 rings (SSSR count). The van der Waals surface area contributed by atoms with Gasteiger partial charge in [0.1, 0.15) is 11.3 Å². The van der Waals surface area contributed by atoms with Gasteiger partial charge in [0.2, 0.25) is 0 Å². The zero-order valence-corrected chi connectivity index (χ0v) is 12.7. The highest BCUT2D eigenvalue weighted by Gasteiger charge is 2.37. The summed E-state index contributed by atoms with van der Waals surface area (Å²) < 4.78 is 29.5. The summed E-state index contributed by atoms with van der Waals surface area (Å²) in [6.07, 6.45) is 5.43. The van der Waals surface area contributed by atoms with Crippen LogP contribution in [0.4, 0.5) is 8.78 Å². The highest BCUT2D eigenvalue weighted by atomic mass is 35.5. The standard InChI is InChI=1S/C14H15ClF2N2S/c1-20-14(5-2-6-14)8-19-11(7-15)18-10-4-3-9(16)12(17)13(10)19/h3-4H,2,5-8H2,1H3. The fourth-order valence-electron chi connectivity index (χ4n) is 2.76. The maximum absolute atomic E-state index is 14.1. The van der Waals surface area contributed by atoms with Crippen LogP contribution in [0.5, 0.6) is 0 Å². The number of halogens is 3. The van der Waals surface area contributed by atoms with E-state index in [4.69, 9.17) is 11.6 Å². The second-order valence-corrected chi connectivity index (χ2v) is 6.76. The Morgan fingerprint density at radius 1 is 1.40 bits per heavy atom. The summed E-state index contributed by atoms with van der Waals surface area (Å²) in [4.78, 5) is 4.33. The number of hydrogen-bond donors (Lipinski definition) is 0. The molecule has 0 radical (unpaired) electrons. The molecule has 108 valence electrons. The Kier molecular flexibility index (Phi) is 3.67. The molecule has 0 spiro atoms. The summed E-state index contributed by atoms with van der Waals surface area (Å²) in [6, 6.07) is 2.62. The van der Waals surface area contributed by atoms with E-state index in [2.05, 4.69) is 11.2 Å². The van der Waals surface area contributed by atoms with Gasteiger partial charge < -0.3 is 4.57 Å². The number of aromatic nitrogens is 2. The third kappa shape index (κ3) is 2.11. The van der Waals surface area contributed by atoms with Crippen molar-refractivity contribution in [3.05, 3.63) is 29.6 Å². The quantitative estimate of drug-likeness (QED) is 0.781. The molecule has 1 aliphatic carbocycles. The average Bonchev–Trinajstić information content (AvgIpc) is 2.76. The molecule has 0 N–H and O–H groups in total. The van der Waals surface area contributed by atoms with Gasteiger partial charge in [0.25, 0.3) is 0 Å². The van der Waals surface area contributed by atoms with Crippen LogP contribution in [0.2, 0.25) is 0 Å². The summed E-state index contributed by atoms with van der Waals surface area (Å²) in [5.74, 6) is -0.875. The van der Waals surface area contributed by atoms with Gasteiger partial charge in [-0.2, -0.15) is 11.8 Å². The molecular formula is C14H15ClF2N2S. The number of rotatable bonds is 4. The molecule has 1 heterocycles. The molecule has 1 fully saturated rings. The van der Waals surface area contributed by atoms with E-state index < -0.39 is 11.6 Å². The first-order valence-corrected chi connectivity index (χ1v) is 8.30. The predicted octanol–water partition coefficient (Wildman–Crippen LogP) is 4.34. The number of alkyl halides is 1. The van der Waals surface area contributed by atoms with Gasteiger partial charge in [-0.05, 0) is 31.2 Å². The van der Waals surface area contributed by atoms with Crippen molar-refractivity contribution in [3.8, 4) is 0 Å². The Labute approximate surface area is 125 Å². The largest absolute Gasteiger partial charge is 0.323 e. The van der Waals surface area contributed by atoms with Crippen LogP contribution in [-0.2, 0) is 12.4 Å². The lowest BCUT2D eigenvalue weighted by molar-refractivity contribution is 0.321. The third-order valence-electron chi connectivity index (χ3n) is 4.14. The number of imidazole rings is 1. The van der Waals surface area contributed by atoms with Crippen LogP contribution in [0.3, 0.4) is 0 Å². The summed E-state index contributed by atoms with van der Waals surface area (Å²) in [7, 11) is 0. The Hall–Kier alpha value is -0.810. The zero-order valence-electron chi connectivity index (χ0n) is 11.1.